The molecule has 0 saturated heterocycles. The molecule has 0 atom stereocenters. The van der Waals surface area contributed by atoms with Crippen LogP contribution in [0.1, 0.15) is 16.1 Å². The van der Waals surface area contributed by atoms with Crippen molar-refractivity contribution >= 4 is 11.7 Å². The number of carboxylic acids is 1. The third-order valence-corrected chi connectivity index (χ3v) is 2.36. The van der Waals surface area contributed by atoms with Gasteiger partial charge in [-0.25, -0.2) is 9.48 Å². The van der Waals surface area contributed by atoms with Crippen molar-refractivity contribution in [3.63, 3.8) is 0 Å². The molecule has 1 N–H and O–H groups in total. The van der Waals surface area contributed by atoms with Crippen LogP contribution in [0.25, 0.3) is 5.69 Å². The summed E-state index contributed by atoms with van der Waals surface area (Å²) in [5.74, 6) is -1.47. The molecule has 0 radical (unpaired) electrons. The van der Waals surface area contributed by atoms with E-state index in [4.69, 9.17) is 10.4 Å². The van der Waals surface area contributed by atoms with Crippen molar-refractivity contribution in [2.75, 3.05) is 0 Å². The zero-order valence-electron chi connectivity index (χ0n) is 9.35. The number of nitrogens with zero attached hydrogens (tertiary/aromatic N) is 4. The summed E-state index contributed by atoms with van der Waals surface area (Å²) in [6, 6.07) is 7.96. The molecule has 94 valence electrons. The van der Waals surface area contributed by atoms with Crippen LogP contribution in [-0.4, -0.2) is 25.8 Å². The molecule has 0 saturated carbocycles. The Hall–Kier alpha value is -3.21. The monoisotopic (exact) mass is 258 g/mol. The van der Waals surface area contributed by atoms with Gasteiger partial charge in [-0.3, -0.25) is 10.1 Å². The Labute approximate surface area is 106 Å². The Kier molecular flexibility index (Phi) is 2.95. The fourth-order valence-corrected chi connectivity index (χ4v) is 1.47. The predicted octanol–water partition coefficient (Wildman–Crippen LogP) is 1.35. The molecule has 0 aliphatic heterocycles. The average Bonchev–Trinajstić information content (AvgIpc) is 2.84. The second-order valence-electron chi connectivity index (χ2n) is 3.53. The van der Waals surface area contributed by atoms with E-state index in [1.54, 1.807) is 0 Å². The summed E-state index contributed by atoms with van der Waals surface area (Å²) in [6.45, 7) is 0. The maximum Gasteiger partial charge on any atom is 0.363 e. The van der Waals surface area contributed by atoms with E-state index in [0.717, 1.165) is 10.9 Å². The van der Waals surface area contributed by atoms with E-state index >= 15 is 0 Å². The highest BCUT2D eigenvalue weighted by molar-refractivity contribution is 5.89. The van der Waals surface area contributed by atoms with Gasteiger partial charge in [0.2, 0.25) is 5.69 Å². The summed E-state index contributed by atoms with van der Waals surface area (Å²) in [5, 5.41) is 31.9. The number of aromatic carboxylic acids is 1. The van der Waals surface area contributed by atoms with Gasteiger partial charge < -0.3 is 5.11 Å². The highest BCUT2D eigenvalue weighted by atomic mass is 16.6. The summed E-state index contributed by atoms with van der Waals surface area (Å²) >= 11 is 0. The van der Waals surface area contributed by atoms with Crippen molar-refractivity contribution in [1.29, 1.82) is 5.26 Å². The van der Waals surface area contributed by atoms with E-state index in [1.165, 1.54) is 24.3 Å². The van der Waals surface area contributed by atoms with Crippen LogP contribution in [0.5, 0.6) is 0 Å². The molecule has 0 amide bonds. The minimum Gasteiger partial charge on any atom is -0.476 e. The lowest BCUT2D eigenvalue weighted by atomic mass is 10.2. The van der Waals surface area contributed by atoms with Crippen LogP contribution in [-0.2, 0) is 0 Å². The summed E-state index contributed by atoms with van der Waals surface area (Å²) < 4.78 is 1.09. The highest BCUT2D eigenvalue weighted by Crippen LogP contribution is 2.19. The fraction of sp³-hybridized carbons (Fsp3) is 0. The van der Waals surface area contributed by atoms with Gasteiger partial charge in [0.1, 0.15) is 6.20 Å². The Bertz CT molecular complexity index is 665. The van der Waals surface area contributed by atoms with E-state index in [1.807, 2.05) is 6.07 Å². The molecule has 0 fully saturated rings. The first kappa shape index (κ1) is 12.3. The van der Waals surface area contributed by atoms with Gasteiger partial charge in [-0.05, 0) is 24.3 Å². The minimum atomic E-state index is -1.47. The number of nitriles is 1. The van der Waals surface area contributed by atoms with Gasteiger partial charge in [-0.15, -0.1) is 0 Å². The van der Waals surface area contributed by atoms with Gasteiger partial charge in [0.15, 0.2) is 0 Å². The van der Waals surface area contributed by atoms with Gasteiger partial charge in [-0.1, -0.05) is 0 Å². The first-order chi connectivity index (χ1) is 9.02. The van der Waals surface area contributed by atoms with Crippen LogP contribution in [0.4, 0.5) is 5.69 Å². The molecule has 0 spiro atoms. The molecule has 1 aromatic heterocycles. The van der Waals surface area contributed by atoms with Crippen molar-refractivity contribution in [3.05, 3.63) is 51.8 Å². The number of aromatic nitrogens is 2. The second-order valence-corrected chi connectivity index (χ2v) is 3.53. The molecular formula is C11H6N4O4. The molecule has 0 bridgehead atoms. The van der Waals surface area contributed by atoms with Crippen molar-refractivity contribution in [2.45, 2.75) is 0 Å². The molecule has 1 heterocycles. The lowest BCUT2D eigenvalue weighted by Crippen LogP contribution is -2.02. The number of carbonyl (C=O) groups is 1. The molecule has 19 heavy (non-hydrogen) atoms. The maximum absolute atomic E-state index is 10.8. The van der Waals surface area contributed by atoms with Crippen molar-refractivity contribution < 1.29 is 14.8 Å². The molecule has 8 nitrogen and oxygen atoms in total. The van der Waals surface area contributed by atoms with E-state index < -0.39 is 22.3 Å². The summed E-state index contributed by atoms with van der Waals surface area (Å²) in [6.07, 6.45) is 1.02. The molecular weight excluding hydrogens is 252 g/mol. The van der Waals surface area contributed by atoms with Gasteiger partial charge in [0, 0.05) is 0 Å². The number of hydrogen-bond donors (Lipinski definition) is 1. The van der Waals surface area contributed by atoms with Gasteiger partial charge in [0.25, 0.3) is 0 Å². The third kappa shape index (κ3) is 2.25. The summed E-state index contributed by atoms with van der Waals surface area (Å²) in [7, 11) is 0. The molecule has 2 aromatic rings. The van der Waals surface area contributed by atoms with Crippen LogP contribution in [0.2, 0.25) is 0 Å². The second kappa shape index (κ2) is 4.58. The lowest BCUT2D eigenvalue weighted by molar-refractivity contribution is -0.385. The summed E-state index contributed by atoms with van der Waals surface area (Å²) in [4.78, 5) is 20.8. The Morgan fingerprint density at radius 3 is 2.47 bits per heavy atom. The lowest BCUT2D eigenvalue weighted by Gasteiger charge is -1.99. The SMILES string of the molecule is N#Cc1ccc(-n2cc([N+](=O)[O-])c(C(=O)O)n2)cc1. The zero-order chi connectivity index (χ0) is 14.0. The third-order valence-electron chi connectivity index (χ3n) is 2.36. The molecule has 0 aliphatic rings. The first-order valence-corrected chi connectivity index (χ1v) is 5.01. The van der Waals surface area contributed by atoms with Crippen molar-refractivity contribution in [3.8, 4) is 11.8 Å². The summed E-state index contributed by atoms with van der Waals surface area (Å²) in [5.41, 5.74) is -0.371. The normalized spacial score (nSPS) is 9.84. The molecule has 1 aromatic carbocycles. The van der Waals surface area contributed by atoms with Crippen molar-refractivity contribution in [1.82, 2.24) is 9.78 Å². The Morgan fingerprint density at radius 2 is 2.05 bits per heavy atom. The van der Waals surface area contributed by atoms with Crippen molar-refractivity contribution in [2.24, 2.45) is 0 Å². The molecule has 8 heteroatoms. The molecule has 0 unspecified atom stereocenters. The molecule has 2 rings (SSSR count). The predicted molar refractivity (Wildman–Crippen MR) is 61.9 cm³/mol. The number of nitro groups is 1. The first-order valence-electron chi connectivity index (χ1n) is 5.01. The van der Waals surface area contributed by atoms with E-state index in [9.17, 15) is 14.9 Å². The number of benzene rings is 1. The van der Waals surface area contributed by atoms with Gasteiger partial charge >= 0.3 is 11.7 Å². The largest absolute Gasteiger partial charge is 0.476 e. The topological polar surface area (TPSA) is 122 Å². The highest BCUT2D eigenvalue weighted by Gasteiger charge is 2.25. The van der Waals surface area contributed by atoms with E-state index in [2.05, 4.69) is 5.10 Å². The Balaban J connectivity index is 2.51. The number of hydrogen-bond acceptors (Lipinski definition) is 5. The van der Waals surface area contributed by atoms with E-state index in [0.29, 0.717) is 11.3 Å². The zero-order valence-corrected chi connectivity index (χ0v) is 9.35. The molecule has 0 aliphatic carbocycles. The van der Waals surface area contributed by atoms with Crippen LogP contribution in [0.15, 0.2) is 30.5 Å². The van der Waals surface area contributed by atoms with Gasteiger partial charge in [0.05, 0.1) is 22.2 Å². The average molecular weight is 258 g/mol. The van der Waals surface area contributed by atoms with Crippen LogP contribution >= 0.6 is 0 Å². The quantitative estimate of drug-likeness (QED) is 0.654. The fourth-order valence-electron chi connectivity index (χ4n) is 1.47. The van der Waals surface area contributed by atoms with Crippen LogP contribution < -0.4 is 0 Å². The maximum atomic E-state index is 10.8. The number of carboxylic acid groups (broad SMARTS) is 1. The van der Waals surface area contributed by atoms with Gasteiger partial charge in [-0.2, -0.15) is 10.4 Å². The number of rotatable bonds is 3. The Morgan fingerprint density at radius 1 is 1.42 bits per heavy atom. The van der Waals surface area contributed by atoms with E-state index in [-0.39, 0.29) is 0 Å². The smallest absolute Gasteiger partial charge is 0.363 e. The minimum absolute atomic E-state index is 0.420. The standard InChI is InChI=1S/C11H6N4O4/c12-5-7-1-3-8(4-2-7)14-6-9(15(18)19)10(13-14)11(16)17/h1-4,6H,(H,16,17). The van der Waals surface area contributed by atoms with Crippen LogP contribution in [0, 0.1) is 21.4 Å². The van der Waals surface area contributed by atoms with Crippen LogP contribution in [0.3, 0.4) is 0 Å².